The molecule has 0 heterocycles. The third-order valence-corrected chi connectivity index (χ3v) is 26.6. The Hall–Kier alpha value is -1.56. The highest BCUT2D eigenvalue weighted by Crippen LogP contribution is 2.52. The molecule has 2 aromatic carbocycles. The SMILES string of the molecule is CC(C)CC(C)(C)C1CC(C)C(C)C1.CC(C)CC(C)(C)C1CCC(C)C1.CC1CC(C(C)(C)C)C(C)C1C.CC1CC(c2ccccc2)CC1C.CC1CC2CCCCC2C1C.CC1CCC(c2ccccc2)C1.CC1CCC2CCCCC12. The van der Waals surface area contributed by atoms with Gasteiger partial charge in [-0.05, 0) is 260 Å². The van der Waals surface area contributed by atoms with Crippen LogP contribution in [0.15, 0.2) is 60.7 Å². The lowest BCUT2D eigenvalue weighted by atomic mass is 9.72. The summed E-state index contributed by atoms with van der Waals surface area (Å²) in [6, 6.07) is 21.9. The first-order valence-electron chi connectivity index (χ1n) is 38.0. The molecule has 0 saturated heterocycles. The Kier molecular flexibility index (Phi) is 30.3. The zero-order valence-electron chi connectivity index (χ0n) is 61.5. The van der Waals surface area contributed by atoms with Crippen LogP contribution < -0.4 is 0 Å². The maximum Gasteiger partial charge on any atom is -0.0157 e. The van der Waals surface area contributed by atoms with Crippen LogP contribution in [0.3, 0.4) is 0 Å². The first kappa shape index (κ1) is 74.2. The molecule has 0 bridgehead atoms. The predicted molar refractivity (Wildman–Crippen MR) is 380 cm³/mol. The summed E-state index contributed by atoms with van der Waals surface area (Å²) in [4.78, 5) is 0. The minimum Gasteiger partial charge on any atom is -0.0628 e. The van der Waals surface area contributed by atoms with E-state index in [2.05, 4.69) is 220 Å². The second-order valence-corrected chi connectivity index (χ2v) is 36.4. The van der Waals surface area contributed by atoms with Crippen LogP contribution in [0.25, 0.3) is 0 Å². The smallest absolute Gasteiger partial charge is 0.0157 e. The third-order valence-electron chi connectivity index (χ3n) is 26.6. The zero-order chi connectivity index (χ0) is 63.0. The van der Waals surface area contributed by atoms with Crippen molar-refractivity contribution in [1.29, 1.82) is 0 Å². The standard InChI is InChI=1S/C14H28.C13H18.C13H26.C12H16.C12H24.C11H20.C10H18/c1-10(2)9-14(5,6)13-7-11(3)12(4)8-13;1-10-8-13(9-11(10)2)12-6-4-3-5-7-12;1-10(2)9-13(4,5)12-7-6-11(3)8-12;1-10-7-8-12(9-10)11-5-3-2-4-6-11;1-8-7-11(12(4,5)6)10(3)9(8)2;1-8-7-10-5-3-4-6-11(10)9(8)2;1-8-6-7-9-4-2-3-5-10(8)9/h10-13H,7-9H2,1-6H3;3-7,10-11,13H,8-9H2,1-2H3;10-12H,6-9H2,1-5H3;2-6,10,12H,7-9H2,1H3;8-11H,7H2,1-6H3;8-11H,3-7H2,1-2H3;8-10H,2-7H2,1H3. The summed E-state index contributed by atoms with van der Waals surface area (Å²) in [5.74, 6) is 22.3. The highest BCUT2D eigenvalue weighted by Gasteiger charge is 2.43. The normalized spacial score (nSPS) is 37.7. The van der Waals surface area contributed by atoms with E-state index in [0.717, 1.165) is 136 Å². The minimum absolute atomic E-state index is 0.512. The molecule has 0 radical (unpaired) electrons. The second-order valence-electron chi connectivity index (χ2n) is 36.4. The lowest BCUT2D eigenvalue weighted by Crippen LogP contribution is -2.24. The van der Waals surface area contributed by atoms with Crippen LogP contribution >= 0.6 is 0 Å². The highest BCUT2D eigenvalue weighted by atomic mass is 14.5. The number of rotatable bonds is 8. The van der Waals surface area contributed by atoms with Gasteiger partial charge in [-0.25, -0.2) is 0 Å². The van der Waals surface area contributed by atoms with Gasteiger partial charge in [0.15, 0.2) is 0 Å². The van der Waals surface area contributed by atoms with Gasteiger partial charge in [0.25, 0.3) is 0 Å². The Morgan fingerprint density at radius 2 is 0.788 bits per heavy atom. The van der Waals surface area contributed by atoms with Crippen molar-refractivity contribution in [2.45, 2.75) is 325 Å². The van der Waals surface area contributed by atoms with Gasteiger partial charge in [-0.2, -0.15) is 0 Å². The highest BCUT2D eigenvalue weighted by molar-refractivity contribution is 5.21. The average molecular weight is 1170 g/mol. The topological polar surface area (TPSA) is 0 Å². The van der Waals surface area contributed by atoms with E-state index in [9.17, 15) is 0 Å². The Balaban J connectivity index is 0.000000181. The van der Waals surface area contributed by atoms with E-state index in [-0.39, 0.29) is 0 Å². The van der Waals surface area contributed by atoms with Gasteiger partial charge < -0.3 is 0 Å². The van der Waals surface area contributed by atoms with Gasteiger partial charge in [0, 0.05) is 0 Å². The summed E-state index contributed by atoms with van der Waals surface area (Å²) in [7, 11) is 0. The van der Waals surface area contributed by atoms with Crippen LogP contribution in [-0.4, -0.2) is 0 Å². The summed E-state index contributed by atoms with van der Waals surface area (Å²) >= 11 is 0. The summed E-state index contributed by atoms with van der Waals surface area (Å²) in [5.41, 5.74) is 4.74. The van der Waals surface area contributed by atoms with Gasteiger partial charge in [-0.1, -0.05) is 278 Å². The molecule has 9 aliphatic rings. The molecule has 0 heteroatoms. The lowest BCUT2D eigenvalue weighted by molar-refractivity contribution is 0.168. The van der Waals surface area contributed by atoms with Gasteiger partial charge in [0.2, 0.25) is 0 Å². The Morgan fingerprint density at radius 1 is 0.341 bits per heavy atom. The fourth-order valence-corrected chi connectivity index (χ4v) is 20.4. The maximum atomic E-state index is 2.47. The maximum absolute atomic E-state index is 2.47. The van der Waals surface area contributed by atoms with Crippen molar-refractivity contribution in [2.75, 3.05) is 0 Å². The van der Waals surface area contributed by atoms with E-state index in [4.69, 9.17) is 0 Å². The first-order valence-corrected chi connectivity index (χ1v) is 38.0. The summed E-state index contributed by atoms with van der Waals surface area (Å²) < 4.78 is 0. The van der Waals surface area contributed by atoms with E-state index in [1.807, 2.05) is 0 Å². The van der Waals surface area contributed by atoms with Crippen molar-refractivity contribution in [1.82, 2.24) is 0 Å². The Morgan fingerprint density at radius 3 is 1.21 bits per heavy atom. The molecule has 0 aliphatic heterocycles. The van der Waals surface area contributed by atoms with Crippen molar-refractivity contribution < 1.29 is 0 Å². The second kappa shape index (κ2) is 34.7. The Bertz CT molecular complexity index is 2040. The van der Waals surface area contributed by atoms with Gasteiger partial charge in [-0.15, -0.1) is 0 Å². The molecule has 2 aromatic rings. The summed E-state index contributed by atoms with van der Waals surface area (Å²) in [5, 5.41) is 0. The van der Waals surface area contributed by atoms with Gasteiger partial charge in [-0.3, -0.25) is 0 Å². The van der Waals surface area contributed by atoms with Crippen molar-refractivity contribution in [3.05, 3.63) is 71.8 Å². The molecule has 0 nitrogen and oxygen atoms in total. The summed E-state index contributed by atoms with van der Waals surface area (Å²) in [6.07, 6.45) is 35.4. The molecule has 9 aliphatic carbocycles. The van der Waals surface area contributed by atoms with Crippen LogP contribution in [0, 0.1) is 141 Å². The fraction of sp³-hybridized carbons (Fsp3) is 0.859. The number of hydrogen-bond acceptors (Lipinski definition) is 0. The Labute approximate surface area is 534 Å². The molecular weight excluding hydrogens is 1020 g/mol. The van der Waals surface area contributed by atoms with Crippen LogP contribution in [0.5, 0.6) is 0 Å². The van der Waals surface area contributed by atoms with Crippen molar-refractivity contribution in [2.24, 2.45) is 141 Å². The van der Waals surface area contributed by atoms with E-state index in [0.29, 0.717) is 16.2 Å². The van der Waals surface area contributed by atoms with Crippen LogP contribution in [-0.2, 0) is 0 Å². The fourth-order valence-electron chi connectivity index (χ4n) is 20.4. The van der Waals surface area contributed by atoms with E-state index in [1.165, 1.54) is 128 Å². The molecule has 0 spiro atoms. The van der Waals surface area contributed by atoms with Gasteiger partial charge in [0.05, 0.1) is 0 Å². The number of benzene rings is 2. The molecule has 9 saturated carbocycles. The number of hydrogen-bond donors (Lipinski definition) is 0. The van der Waals surface area contributed by atoms with E-state index in [1.54, 1.807) is 36.8 Å². The molecule has 85 heavy (non-hydrogen) atoms. The largest absolute Gasteiger partial charge is 0.0628 e. The lowest BCUT2D eigenvalue weighted by Gasteiger charge is -2.33. The zero-order valence-corrected chi connectivity index (χ0v) is 61.5. The van der Waals surface area contributed by atoms with Gasteiger partial charge >= 0.3 is 0 Å². The molecule has 11 rings (SSSR count). The summed E-state index contributed by atoms with van der Waals surface area (Å²) in [6.45, 7) is 55.5. The minimum atomic E-state index is 0.512. The molecule has 19 atom stereocenters. The quantitative estimate of drug-likeness (QED) is 0.247. The molecule has 490 valence electrons. The molecule has 0 aromatic heterocycles. The number of fused-ring (bicyclic) bond motifs is 2. The average Bonchev–Trinajstić information content (AvgIpc) is 3.87. The van der Waals surface area contributed by atoms with Crippen LogP contribution in [0.1, 0.15) is 336 Å². The molecule has 0 amide bonds. The molecule has 19 unspecified atom stereocenters. The van der Waals surface area contributed by atoms with E-state index >= 15 is 0 Å². The van der Waals surface area contributed by atoms with E-state index < -0.39 is 0 Å². The van der Waals surface area contributed by atoms with Crippen molar-refractivity contribution in [3.8, 4) is 0 Å². The molecule has 0 N–H and O–H groups in total. The van der Waals surface area contributed by atoms with Crippen LogP contribution in [0.2, 0.25) is 0 Å². The third kappa shape index (κ3) is 23.3. The van der Waals surface area contributed by atoms with Crippen molar-refractivity contribution in [3.63, 3.8) is 0 Å². The monoisotopic (exact) mass is 1170 g/mol. The molecular formula is C85H150. The van der Waals surface area contributed by atoms with Crippen molar-refractivity contribution >= 4 is 0 Å². The van der Waals surface area contributed by atoms with Gasteiger partial charge in [0.1, 0.15) is 0 Å². The van der Waals surface area contributed by atoms with Crippen LogP contribution in [0.4, 0.5) is 0 Å². The first-order chi connectivity index (χ1) is 39.9. The predicted octanol–water partition coefficient (Wildman–Crippen LogP) is 27.3. The molecule has 9 fully saturated rings.